The van der Waals surface area contributed by atoms with Gasteiger partial charge in [0.1, 0.15) is 50.5 Å². The summed E-state index contributed by atoms with van der Waals surface area (Å²) < 4.78 is 30.0. The molecule has 50 heavy (non-hydrogen) atoms. The summed E-state index contributed by atoms with van der Waals surface area (Å²) in [6.07, 6.45) is -2.41. The van der Waals surface area contributed by atoms with Crippen molar-refractivity contribution < 1.29 is 57.8 Å². The number of aliphatic hydroxyl groups excluding tert-OH is 2. The minimum Gasteiger partial charge on any atom is -0.460 e. The highest BCUT2D eigenvalue weighted by Gasteiger charge is 2.37. The summed E-state index contributed by atoms with van der Waals surface area (Å²) in [7, 11) is 0. The van der Waals surface area contributed by atoms with Crippen LogP contribution < -0.4 is 22.9 Å². The molecule has 2 aromatic rings. The molecule has 0 radical (unpaired) electrons. The van der Waals surface area contributed by atoms with Gasteiger partial charge in [0.15, 0.2) is 11.9 Å². The Kier molecular flexibility index (Phi) is 16.2. The smallest absolute Gasteiger partial charge is 0.460 e. The molecular formula is C32H44N6O12. The third kappa shape index (κ3) is 14.2. The SMILES string of the molecule is CC(CO)(COC(=O)OCCOC(=O)OCC(C)(CO)C(=O)OCc1ccc(CN=C(N)N)cc1)C(=O)OCc1ccc(CN=C(N)N)cc1. The molecule has 2 atom stereocenters. The van der Waals surface area contributed by atoms with Crippen LogP contribution in [0.3, 0.4) is 0 Å². The van der Waals surface area contributed by atoms with Crippen LogP contribution in [0.5, 0.6) is 0 Å². The lowest BCUT2D eigenvalue weighted by atomic mass is 9.93. The van der Waals surface area contributed by atoms with E-state index in [-0.39, 0.29) is 25.1 Å². The minimum absolute atomic E-state index is 0.0374. The van der Waals surface area contributed by atoms with Crippen LogP contribution >= 0.6 is 0 Å². The highest BCUT2D eigenvalue weighted by atomic mass is 16.7. The second-order valence-corrected chi connectivity index (χ2v) is 11.5. The zero-order valence-electron chi connectivity index (χ0n) is 27.9. The van der Waals surface area contributed by atoms with Crippen LogP contribution in [0.15, 0.2) is 58.5 Å². The number of hydrogen-bond donors (Lipinski definition) is 6. The van der Waals surface area contributed by atoms with Gasteiger partial charge in [-0.1, -0.05) is 48.5 Å². The first-order chi connectivity index (χ1) is 23.7. The Hall–Kier alpha value is -5.62. The van der Waals surface area contributed by atoms with Gasteiger partial charge >= 0.3 is 24.2 Å². The van der Waals surface area contributed by atoms with E-state index in [2.05, 4.69) is 9.98 Å². The molecule has 0 aliphatic rings. The predicted octanol–water partition coefficient (Wildman–Crippen LogP) is 0.324. The van der Waals surface area contributed by atoms with E-state index in [1.54, 1.807) is 48.5 Å². The first-order valence-electron chi connectivity index (χ1n) is 15.1. The van der Waals surface area contributed by atoms with Crippen molar-refractivity contribution in [2.45, 2.75) is 40.2 Å². The Bertz CT molecular complexity index is 1370. The van der Waals surface area contributed by atoms with Crippen LogP contribution in [0, 0.1) is 10.8 Å². The molecule has 0 fully saturated rings. The quantitative estimate of drug-likeness (QED) is 0.0377. The van der Waals surface area contributed by atoms with E-state index in [1.165, 1.54) is 13.8 Å². The van der Waals surface area contributed by atoms with Crippen molar-refractivity contribution in [3.05, 3.63) is 70.8 Å². The number of aliphatic imine (C=N–C) groups is 2. The molecule has 0 bridgehead atoms. The molecular weight excluding hydrogens is 660 g/mol. The molecule has 0 amide bonds. The Morgan fingerprint density at radius 2 is 0.880 bits per heavy atom. The summed E-state index contributed by atoms with van der Waals surface area (Å²) in [5.41, 5.74) is 21.1. The lowest BCUT2D eigenvalue weighted by Crippen LogP contribution is -2.39. The normalized spacial score (nSPS) is 13.0. The predicted molar refractivity (Wildman–Crippen MR) is 176 cm³/mol. The zero-order valence-corrected chi connectivity index (χ0v) is 27.9. The van der Waals surface area contributed by atoms with Crippen molar-refractivity contribution in [2.24, 2.45) is 43.7 Å². The van der Waals surface area contributed by atoms with Crippen molar-refractivity contribution in [2.75, 3.05) is 39.6 Å². The number of esters is 2. The number of benzene rings is 2. The first kappa shape index (κ1) is 40.6. The van der Waals surface area contributed by atoms with Crippen LogP contribution in [0.4, 0.5) is 9.59 Å². The van der Waals surface area contributed by atoms with E-state index in [9.17, 15) is 29.4 Å². The highest BCUT2D eigenvalue weighted by molar-refractivity contribution is 5.78. The maximum atomic E-state index is 12.6. The van der Waals surface area contributed by atoms with Crippen molar-refractivity contribution in [3.8, 4) is 0 Å². The standard InChI is InChI=1S/C32H44N6O12/c1-31(17-39,25(41)47-15-23-7-3-21(4-8-23)13-37-27(33)34)19-49-29(43)45-11-12-46-30(44)50-20-32(2,18-40)26(42)48-16-24-9-5-22(6-10-24)14-38-28(35)36/h3-10,39-40H,11-20H2,1-2H3,(H4,33,34,37)(H4,35,36,38). The van der Waals surface area contributed by atoms with Gasteiger partial charge in [-0.2, -0.15) is 0 Å². The van der Waals surface area contributed by atoms with Gasteiger partial charge in [-0.25, -0.2) is 19.6 Å². The maximum Gasteiger partial charge on any atom is 0.508 e. The van der Waals surface area contributed by atoms with Crippen LogP contribution in [0.25, 0.3) is 0 Å². The van der Waals surface area contributed by atoms with Gasteiger partial charge in [0.2, 0.25) is 0 Å². The number of carbonyl (C=O) groups excluding carboxylic acids is 4. The van der Waals surface area contributed by atoms with Gasteiger partial charge in [0.25, 0.3) is 0 Å². The number of nitrogens with zero attached hydrogens (tertiary/aromatic N) is 2. The number of hydrogen-bond acceptors (Lipinski definition) is 14. The molecule has 0 spiro atoms. The Morgan fingerprint density at radius 1 is 0.560 bits per heavy atom. The molecule has 18 nitrogen and oxygen atoms in total. The fraction of sp³-hybridized carbons (Fsp3) is 0.438. The van der Waals surface area contributed by atoms with Crippen molar-refractivity contribution >= 4 is 36.2 Å². The average Bonchev–Trinajstić information content (AvgIpc) is 3.11. The molecule has 0 heterocycles. The number of ether oxygens (including phenoxy) is 6. The summed E-state index contributed by atoms with van der Waals surface area (Å²) in [5, 5.41) is 19.5. The van der Waals surface area contributed by atoms with Gasteiger partial charge in [-0.15, -0.1) is 0 Å². The highest BCUT2D eigenvalue weighted by Crippen LogP contribution is 2.21. The van der Waals surface area contributed by atoms with Gasteiger partial charge in [0.05, 0.1) is 26.3 Å². The summed E-state index contributed by atoms with van der Waals surface area (Å²) in [4.78, 5) is 57.1. The molecule has 0 saturated carbocycles. The zero-order chi connectivity index (χ0) is 37.2. The number of rotatable bonds is 19. The van der Waals surface area contributed by atoms with Crippen LogP contribution in [0.2, 0.25) is 0 Å². The van der Waals surface area contributed by atoms with Crippen molar-refractivity contribution in [3.63, 3.8) is 0 Å². The summed E-state index contributed by atoms with van der Waals surface area (Å²) in [6.45, 7) is -0.367. The lowest BCUT2D eigenvalue weighted by molar-refractivity contribution is -0.163. The molecule has 0 saturated heterocycles. The summed E-state index contributed by atoms with van der Waals surface area (Å²) in [5.74, 6) is -1.72. The van der Waals surface area contributed by atoms with Gasteiger partial charge < -0.3 is 61.6 Å². The topological polar surface area (TPSA) is 293 Å². The molecule has 2 aromatic carbocycles. The maximum absolute atomic E-state index is 12.6. The van der Waals surface area contributed by atoms with E-state index in [4.69, 9.17) is 51.4 Å². The third-order valence-corrected chi connectivity index (χ3v) is 6.90. The van der Waals surface area contributed by atoms with Crippen molar-refractivity contribution in [1.82, 2.24) is 0 Å². The van der Waals surface area contributed by atoms with Crippen LogP contribution in [-0.4, -0.2) is 86.0 Å². The first-order valence-corrected chi connectivity index (χ1v) is 15.1. The fourth-order valence-electron chi connectivity index (χ4n) is 3.60. The Labute approximate surface area is 288 Å². The van der Waals surface area contributed by atoms with Crippen LogP contribution in [-0.2, 0) is 64.3 Å². The Morgan fingerprint density at radius 3 is 1.18 bits per heavy atom. The van der Waals surface area contributed by atoms with Gasteiger partial charge in [-0.3, -0.25) is 9.59 Å². The van der Waals surface area contributed by atoms with Gasteiger partial charge in [0, 0.05) is 0 Å². The van der Waals surface area contributed by atoms with Crippen molar-refractivity contribution in [1.29, 1.82) is 0 Å². The molecule has 274 valence electrons. The number of nitrogens with two attached hydrogens (primary N) is 4. The summed E-state index contributed by atoms with van der Waals surface area (Å²) >= 11 is 0. The molecule has 0 aliphatic carbocycles. The van der Waals surface area contributed by atoms with Crippen LogP contribution in [0.1, 0.15) is 36.1 Å². The lowest BCUT2D eigenvalue weighted by Gasteiger charge is -2.24. The molecule has 0 aliphatic heterocycles. The van der Waals surface area contributed by atoms with E-state index in [0.717, 1.165) is 11.1 Å². The minimum atomic E-state index is -1.59. The molecule has 0 aromatic heterocycles. The summed E-state index contributed by atoms with van der Waals surface area (Å²) in [6, 6.07) is 13.9. The molecule has 10 N–H and O–H groups in total. The molecule has 2 rings (SSSR count). The number of guanidine groups is 2. The van der Waals surface area contributed by atoms with E-state index >= 15 is 0 Å². The molecule has 2 unspecified atom stereocenters. The van der Waals surface area contributed by atoms with E-state index < -0.39 is 74.7 Å². The van der Waals surface area contributed by atoms with Gasteiger partial charge in [-0.05, 0) is 36.1 Å². The van der Waals surface area contributed by atoms with E-state index in [1.807, 2.05) is 0 Å². The largest absolute Gasteiger partial charge is 0.508 e. The average molecular weight is 705 g/mol. The number of carbonyl (C=O) groups is 4. The monoisotopic (exact) mass is 704 g/mol. The second kappa shape index (κ2) is 20.0. The fourth-order valence-corrected chi connectivity index (χ4v) is 3.60. The number of aliphatic hydroxyl groups is 2. The second-order valence-electron chi connectivity index (χ2n) is 11.5. The third-order valence-electron chi connectivity index (χ3n) is 6.90. The Balaban J connectivity index is 1.69. The van der Waals surface area contributed by atoms with E-state index in [0.29, 0.717) is 24.2 Å². The molecule has 18 heteroatoms.